The molecule has 0 heterocycles. The minimum atomic E-state index is -0.291. The van der Waals surface area contributed by atoms with Crippen LogP contribution in [0.5, 0.6) is 0 Å². The van der Waals surface area contributed by atoms with E-state index in [2.05, 4.69) is 4.74 Å². The highest BCUT2D eigenvalue weighted by Gasteiger charge is 2.03. The molecule has 0 atom stereocenters. The molecule has 4 heteroatoms. The lowest BCUT2D eigenvalue weighted by molar-refractivity contribution is 0.0600. The summed E-state index contributed by atoms with van der Waals surface area (Å²) in [4.78, 5) is 12.2. The van der Waals surface area contributed by atoms with Gasteiger partial charge in [0.15, 0.2) is 0 Å². The predicted molar refractivity (Wildman–Crippen MR) is 57.2 cm³/mol. The molecule has 1 rings (SSSR count). The normalized spacial score (nSPS) is 9.69. The Hall–Kier alpha value is -0.610. The van der Waals surface area contributed by atoms with Crippen molar-refractivity contribution in [1.29, 1.82) is 0 Å². The second-order valence-corrected chi connectivity index (χ2v) is 4.74. The summed E-state index contributed by atoms with van der Waals surface area (Å²) in [7, 11) is 4.72. The SMILES string of the molecule is COC(=O)c1ccc(SSC)cc1. The molecular formula is C9H10O2S2. The molecule has 0 spiro atoms. The van der Waals surface area contributed by atoms with Crippen LogP contribution in [0.3, 0.4) is 0 Å². The summed E-state index contributed by atoms with van der Waals surface area (Å²) in [6.07, 6.45) is 2.01. The van der Waals surface area contributed by atoms with Crippen molar-refractivity contribution in [3.63, 3.8) is 0 Å². The van der Waals surface area contributed by atoms with E-state index in [4.69, 9.17) is 0 Å². The van der Waals surface area contributed by atoms with Gasteiger partial charge in [-0.05, 0) is 30.5 Å². The van der Waals surface area contributed by atoms with Crippen molar-refractivity contribution < 1.29 is 9.53 Å². The molecule has 0 bridgehead atoms. The predicted octanol–water partition coefficient (Wildman–Crippen LogP) is 2.84. The van der Waals surface area contributed by atoms with Gasteiger partial charge >= 0.3 is 5.97 Å². The molecule has 0 unspecified atom stereocenters. The minimum Gasteiger partial charge on any atom is -0.465 e. The van der Waals surface area contributed by atoms with E-state index in [1.54, 1.807) is 33.7 Å². The Labute approximate surface area is 85.4 Å². The van der Waals surface area contributed by atoms with Gasteiger partial charge < -0.3 is 4.74 Å². The Morgan fingerprint density at radius 1 is 1.31 bits per heavy atom. The molecule has 0 aliphatic rings. The number of carbonyl (C=O) groups is 1. The lowest BCUT2D eigenvalue weighted by Gasteiger charge is -2.00. The topological polar surface area (TPSA) is 26.3 Å². The van der Waals surface area contributed by atoms with Crippen molar-refractivity contribution in [2.24, 2.45) is 0 Å². The van der Waals surface area contributed by atoms with Gasteiger partial charge in [0.05, 0.1) is 12.7 Å². The van der Waals surface area contributed by atoms with E-state index in [9.17, 15) is 4.79 Å². The van der Waals surface area contributed by atoms with E-state index in [0.29, 0.717) is 5.56 Å². The summed E-state index contributed by atoms with van der Waals surface area (Å²) in [5.74, 6) is -0.291. The molecule has 0 N–H and O–H groups in total. The van der Waals surface area contributed by atoms with Gasteiger partial charge in [0, 0.05) is 4.90 Å². The summed E-state index contributed by atoms with van der Waals surface area (Å²) in [5, 5.41) is 0. The van der Waals surface area contributed by atoms with Crippen LogP contribution in [0.15, 0.2) is 29.2 Å². The Balaban J connectivity index is 2.75. The summed E-state index contributed by atoms with van der Waals surface area (Å²) < 4.78 is 4.59. The van der Waals surface area contributed by atoms with Crippen LogP contribution in [-0.4, -0.2) is 19.3 Å². The minimum absolute atomic E-state index is 0.291. The molecular weight excluding hydrogens is 204 g/mol. The Morgan fingerprint density at radius 3 is 2.38 bits per heavy atom. The van der Waals surface area contributed by atoms with E-state index < -0.39 is 0 Å². The van der Waals surface area contributed by atoms with Crippen molar-refractivity contribution in [3.05, 3.63) is 29.8 Å². The summed E-state index contributed by atoms with van der Waals surface area (Å²) in [5.41, 5.74) is 0.591. The molecule has 0 aliphatic carbocycles. The average Bonchev–Trinajstić information content (AvgIpc) is 2.18. The average molecular weight is 214 g/mol. The van der Waals surface area contributed by atoms with Gasteiger partial charge in [0.1, 0.15) is 0 Å². The highest BCUT2D eigenvalue weighted by atomic mass is 33.1. The maximum Gasteiger partial charge on any atom is 0.337 e. The number of esters is 1. The number of methoxy groups -OCH3 is 1. The Kier molecular flexibility index (Phi) is 4.18. The molecule has 0 aromatic heterocycles. The summed E-state index contributed by atoms with van der Waals surface area (Å²) >= 11 is 0. The Morgan fingerprint density at radius 2 is 1.92 bits per heavy atom. The van der Waals surface area contributed by atoms with E-state index in [0.717, 1.165) is 4.90 Å². The van der Waals surface area contributed by atoms with Crippen molar-refractivity contribution >= 4 is 27.6 Å². The molecule has 70 valence electrons. The van der Waals surface area contributed by atoms with Gasteiger partial charge in [0.25, 0.3) is 0 Å². The van der Waals surface area contributed by atoms with Crippen LogP contribution >= 0.6 is 21.6 Å². The lowest BCUT2D eigenvalue weighted by Crippen LogP contribution is -1.99. The quantitative estimate of drug-likeness (QED) is 0.571. The van der Waals surface area contributed by atoms with E-state index in [1.807, 2.05) is 18.4 Å². The second-order valence-electron chi connectivity index (χ2n) is 2.27. The maximum atomic E-state index is 11.0. The van der Waals surface area contributed by atoms with Crippen molar-refractivity contribution in [3.8, 4) is 0 Å². The van der Waals surface area contributed by atoms with Gasteiger partial charge in [-0.15, -0.1) is 0 Å². The highest BCUT2D eigenvalue weighted by Crippen LogP contribution is 2.28. The third-order valence-corrected chi connectivity index (χ3v) is 3.16. The van der Waals surface area contributed by atoms with Crippen LogP contribution in [0.25, 0.3) is 0 Å². The van der Waals surface area contributed by atoms with Crippen LogP contribution in [0.2, 0.25) is 0 Å². The smallest absolute Gasteiger partial charge is 0.337 e. The van der Waals surface area contributed by atoms with E-state index >= 15 is 0 Å². The van der Waals surface area contributed by atoms with Crippen LogP contribution in [0, 0.1) is 0 Å². The van der Waals surface area contributed by atoms with Crippen molar-refractivity contribution in [1.82, 2.24) is 0 Å². The third-order valence-electron chi connectivity index (χ3n) is 1.45. The molecule has 0 radical (unpaired) electrons. The zero-order chi connectivity index (χ0) is 9.68. The number of ether oxygens (including phenoxy) is 1. The highest BCUT2D eigenvalue weighted by molar-refractivity contribution is 8.76. The maximum absolute atomic E-state index is 11.0. The molecule has 0 fully saturated rings. The first-order valence-corrected chi connectivity index (χ1v) is 6.22. The molecule has 13 heavy (non-hydrogen) atoms. The van der Waals surface area contributed by atoms with Crippen LogP contribution in [0.4, 0.5) is 0 Å². The summed E-state index contributed by atoms with van der Waals surface area (Å²) in [6.45, 7) is 0. The van der Waals surface area contributed by atoms with Crippen molar-refractivity contribution in [2.75, 3.05) is 13.4 Å². The molecule has 0 saturated carbocycles. The van der Waals surface area contributed by atoms with Crippen LogP contribution in [-0.2, 0) is 4.74 Å². The number of benzene rings is 1. The fourth-order valence-corrected chi connectivity index (χ4v) is 2.21. The van der Waals surface area contributed by atoms with Gasteiger partial charge in [-0.25, -0.2) is 4.79 Å². The molecule has 0 saturated heterocycles. The molecule has 0 amide bonds. The largest absolute Gasteiger partial charge is 0.465 e. The summed E-state index contributed by atoms with van der Waals surface area (Å²) in [6, 6.07) is 7.36. The van der Waals surface area contributed by atoms with Gasteiger partial charge in [-0.2, -0.15) is 0 Å². The number of carbonyl (C=O) groups excluding carboxylic acids is 1. The monoisotopic (exact) mass is 214 g/mol. The van der Waals surface area contributed by atoms with Crippen LogP contribution in [0.1, 0.15) is 10.4 Å². The van der Waals surface area contributed by atoms with Crippen molar-refractivity contribution in [2.45, 2.75) is 4.90 Å². The first-order valence-electron chi connectivity index (χ1n) is 3.67. The van der Waals surface area contributed by atoms with E-state index in [1.165, 1.54) is 7.11 Å². The fourth-order valence-electron chi connectivity index (χ4n) is 0.861. The Bertz CT molecular complexity index is 282. The zero-order valence-corrected chi connectivity index (χ0v) is 9.08. The van der Waals surface area contributed by atoms with Gasteiger partial charge in [-0.1, -0.05) is 21.6 Å². The van der Waals surface area contributed by atoms with Gasteiger partial charge in [0.2, 0.25) is 0 Å². The zero-order valence-electron chi connectivity index (χ0n) is 7.44. The lowest BCUT2D eigenvalue weighted by atomic mass is 10.2. The first-order chi connectivity index (χ1) is 6.27. The van der Waals surface area contributed by atoms with Crippen LogP contribution < -0.4 is 0 Å². The third kappa shape index (κ3) is 2.97. The standard InChI is InChI=1S/C9H10O2S2/c1-11-9(10)7-3-5-8(6-4-7)13-12-2/h3-6H,1-2H3. The molecule has 1 aromatic rings. The number of hydrogen-bond donors (Lipinski definition) is 0. The second kappa shape index (κ2) is 5.19. The fraction of sp³-hybridized carbons (Fsp3) is 0.222. The molecule has 0 aliphatic heterocycles. The van der Waals surface area contributed by atoms with Gasteiger partial charge in [-0.3, -0.25) is 0 Å². The molecule has 2 nitrogen and oxygen atoms in total. The van der Waals surface area contributed by atoms with E-state index in [-0.39, 0.29) is 5.97 Å². The first kappa shape index (κ1) is 10.5. The number of hydrogen-bond acceptors (Lipinski definition) is 4. The number of rotatable bonds is 3. The molecule has 1 aromatic carbocycles.